The lowest BCUT2D eigenvalue weighted by molar-refractivity contribution is -0.141. The number of fused-ring (bicyclic) bond motifs is 4. The Morgan fingerprint density at radius 2 is 2.00 bits per heavy atom. The molecule has 1 saturated carbocycles. The number of hydrogen-bond donors (Lipinski definition) is 1. The molecular formula is C25H23F3N6O2. The molecule has 6 rings (SSSR count). The number of rotatable bonds is 4. The van der Waals surface area contributed by atoms with Gasteiger partial charge >= 0.3 is 6.18 Å². The molecule has 1 amide bonds. The van der Waals surface area contributed by atoms with Gasteiger partial charge in [0.1, 0.15) is 11.5 Å². The molecule has 36 heavy (non-hydrogen) atoms. The number of benzene rings is 1. The zero-order valence-corrected chi connectivity index (χ0v) is 19.4. The molecular weight excluding hydrogens is 473 g/mol. The molecule has 2 N–H and O–H groups in total. The Hall–Kier alpha value is -3.73. The first-order valence-electron chi connectivity index (χ1n) is 11.7. The van der Waals surface area contributed by atoms with E-state index in [1.54, 1.807) is 41.0 Å². The molecule has 1 aromatic carbocycles. The number of pyridine rings is 2. The summed E-state index contributed by atoms with van der Waals surface area (Å²) in [6, 6.07) is 7.11. The largest absolute Gasteiger partial charge is 0.433 e. The second kappa shape index (κ2) is 8.16. The Labute approximate surface area is 203 Å². The molecule has 3 aromatic heterocycles. The molecule has 2 aliphatic rings. The number of hydrogen-bond acceptors (Lipinski definition) is 6. The van der Waals surface area contributed by atoms with Crippen molar-refractivity contribution in [3.8, 4) is 0 Å². The molecule has 11 heteroatoms. The lowest BCUT2D eigenvalue weighted by atomic mass is 9.99. The Balaban J connectivity index is 1.42. The van der Waals surface area contributed by atoms with Crippen LogP contribution in [0.25, 0.3) is 21.8 Å². The second-order valence-corrected chi connectivity index (χ2v) is 9.42. The van der Waals surface area contributed by atoms with Crippen LogP contribution in [0.1, 0.15) is 46.2 Å². The highest BCUT2D eigenvalue weighted by Gasteiger charge is 2.38. The Kier molecular flexibility index (Phi) is 5.15. The number of halogens is 3. The zero-order valence-electron chi connectivity index (χ0n) is 19.4. The summed E-state index contributed by atoms with van der Waals surface area (Å²) in [5.74, 6) is 0.492. The van der Waals surface area contributed by atoms with Gasteiger partial charge in [0, 0.05) is 30.1 Å². The number of nitrogens with zero attached hydrogens (tertiary/aromatic N) is 5. The first kappa shape index (κ1) is 22.7. The highest BCUT2D eigenvalue weighted by atomic mass is 19.4. The molecule has 0 bridgehead atoms. The number of carbonyl (C=O) groups excluding carboxylic acids is 1. The van der Waals surface area contributed by atoms with Gasteiger partial charge in [-0.2, -0.15) is 18.3 Å². The van der Waals surface area contributed by atoms with E-state index in [0.29, 0.717) is 40.3 Å². The molecule has 1 aliphatic carbocycles. The van der Waals surface area contributed by atoms with Crippen LogP contribution in [0.5, 0.6) is 0 Å². The number of aromatic nitrogens is 4. The number of aryl methyl sites for hydroxylation is 1. The van der Waals surface area contributed by atoms with Crippen LogP contribution in [0.4, 0.5) is 19.0 Å². The first-order valence-corrected chi connectivity index (χ1v) is 11.7. The predicted molar refractivity (Wildman–Crippen MR) is 126 cm³/mol. The van der Waals surface area contributed by atoms with Crippen LogP contribution < -0.4 is 5.73 Å². The molecule has 8 nitrogen and oxygen atoms in total. The molecule has 4 heterocycles. The average Bonchev–Trinajstić information content (AvgIpc) is 3.59. The van der Waals surface area contributed by atoms with Gasteiger partial charge in [0.2, 0.25) is 0 Å². The molecule has 4 aromatic rings. The second-order valence-electron chi connectivity index (χ2n) is 9.42. The quantitative estimate of drug-likeness (QED) is 0.454. The van der Waals surface area contributed by atoms with Crippen LogP contribution in [0, 0.1) is 5.92 Å². The van der Waals surface area contributed by atoms with E-state index in [1.165, 1.54) is 6.07 Å². The highest BCUT2D eigenvalue weighted by molar-refractivity contribution is 6.10. The fraction of sp³-hybridized carbons (Fsp3) is 0.360. The van der Waals surface area contributed by atoms with Crippen LogP contribution in [-0.2, 0) is 24.6 Å². The number of anilines is 1. The topological polar surface area (TPSA) is 99.2 Å². The lowest BCUT2D eigenvalue weighted by Gasteiger charge is -2.36. The van der Waals surface area contributed by atoms with Gasteiger partial charge in [-0.3, -0.25) is 9.48 Å². The summed E-state index contributed by atoms with van der Waals surface area (Å²) < 4.78 is 47.0. The number of ether oxygens (including phenoxy) is 1. The normalized spacial score (nSPS) is 17.9. The zero-order chi connectivity index (χ0) is 25.2. The van der Waals surface area contributed by atoms with Gasteiger partial charge in [-0.1, -0.05) is 6.07 Å². The molecule has 0 unspecified atom stereocenters. The van der Waals surface area contributed by atoms with E-state index in [-0.39, 0.29) is 24.8 Å². The van der Waals surface area contributed by atoms with E-state index in [0.717, 1.165) is 29.8 Å². The summed E-state index contributed by atoms with van der Waals surface area (Å²) in [5.41, 5.74) is 7.80. The minimum absolute atomic E-state index is 0.0250. The number of amides is 1. The smallest absolute Gasteiger partial charge is 0.383 e. The summed E-state index contributed by atoms with van der Waals surface area (Å²) >= 11 is 0. The van der Waals surface area contributed by atoms with Crippen molar-refractivity contribution in [2.75, 3.05) is 18.9 Å². The number of carbonyl (C=O) groups is 1. The maximum absolute atomic E-state index is 13.9. The van der Waals surface area contributed by atoms with E-state index in [2.05, 4.69) is 15.1 Å². The van der Waals surface area contributed by atoms with Crippen LogP contribution in [0.2, 0.25) is 0 Å². The van der Waals surface area contributed by atoms with Gasteiger partial charge < -0.3 is 15.4 Å². The maximum Gasteiger partial charge on any atom is 0.433 e. The Morgan fingerprint density at radius 3 is 2.75 bits per heavy atom. The highest BCUT2D eigenvalue weighted by Crippen LogP contribution is 2.38. The van der Waals surface area contributed by atoms with Crippen molar-refractivity contribution < 1.29 is 22.7 Å². The molecule has 0 saturated heterocycles. The molecule has 1 atom stereocenters. The van der Waals surface area contributed by atoms with Crippen molar-refractivity contribution in [1.82, 2.24) is 24.6 Å². The lowest BCUT2D eigenvalue weighted by Crippen LogP contribution is -2.41. The monoisotopic (exact) mass is 496 g/mol. The van der Waals surface area contributed by atoms with Crippen LogP contribution >= 0.6 is 0 Å². The minimum Gasteiger partial charge on any atom is -0.383 e. The van der Waals surface area contributed by atoms with Crippen molar-refractivity contribution in [2.24, 2.45) is 13.0 Å². The van der Waals surface area contributed by atoms with E-state index in [9.17, 15) is 18.0 Å². The van der Waals surface area contributed by atoms with Crippen molar-refractivity contribution in [2.45, 2.75) is 31.7 Å². The van der Waals surface area contributed by atoms with Crippen molar-refractivity contribution >= 4 is 33.5 Å². The predicted octanol–water partition coefficient (Wildman–Crippen LogP) is 4.24. The van der Waals surface area contributed by atoms with E-state index in [4.69, 9.17) is 10.5 Å². The summed E-state index contributed by atoms with van der Waals surface area (Å²) in [5, 5.41) is 5.73. The standard InChI is InChI=1S/C25H23F3N6O2/c1-33-22-16-8-14(4-6-18(16)32-23(29)17(22)9-30-33)24(35)34(10-13-2-3-13)20-12-36-11-19-15(20)5-7-21(31-19)25(26,27)28/h4-9,13,20H,2-3,10-12H2,1H3,(H2,29,32)/t20-/m0/s1. The van der Waals surface area contributed by atoms with Gasteiger partial charge in [-0.05, 0) is 43.0 Å². The van der Waals surface area contributed by atoms with Crippen LogP contribution in [-0.4, -0.2) is 43.7 Å². The average molecular weight is 496 g/mol. The Bertz CT molecular complexity index is 1510. The summed E-state index contributed by atoms with van der Waals surface area (Å²) in [7, 11) is 1.80. The fourth-order valence-electron chi connectivity index (χ4n) is 4.89. The third-order valence-electron chi connectivity index (χ3n) is 6.92. The third-order valence-corrected chi connectivity index (χ3v) is 6.92. The summed E-state index contributed by atoms with van der Waals surface area (Å²) in [6.07, 6.45) is -0.896. The van der Waals surface area contributed by atoms with Gasteiger partial charge in [-0.15, -0.1) is 0 Å². The molecule has 186 valence electrons. The molecule has 1 fully saturated rings. The van der Waals surface area contributed by atoms with Gasteiger partial charge in [0.15, 0.2) is 0 Å². The number of nitrogen functional groups attached to an aromatic ring is 1. The van der Waals surface area contributed by atoms with E-state index >= 15 is 0 Å². The number of nitrogens with two attached hydrogens (primary N) is 1. The molecule has 0 radical (unpaired) electrons. The van der Waals surface area contributed by atoms with Crippen molar-refractivity contribution in [3.63, 3.8) is 0 Å². The van der Waals surface area contributed by atoms with Crippen molar-refractivity contribution in [3.05, 3.63) is 59.0 Å². The van der Waals surface area contributed by atoms with E-state index < -0.39 is 17.9 Å². The molecule has 0 spiro atoms. The van der Waals surface area contributed by atoms with Gasteiger partial charge in [-0.25, -0.2) is 9.97 Å². The fourth-order valence-corrected chi connectivity index (χ4v) is 4.89. The summed E-state index contributed by atoms with van der Waals surface area (Å²) in [6.45, 7) is 0.658. The third kappa shape index (κ3) is 3.83. The summed E-state index contributed by atoms with van der Waals surface area (Å²) in [4.78, 5) is 23.9. The maximum atomic E-state index is 13.9. The van der Waals surface area contributed by atoms with E-state index in [1.807, 2.05) is 0 Å². The minimum atomic E-state index is -4.55. The molecule has 1 aliphatic heterocycles. The first-order chi connectivity index (χ1) is 17.2. The van der Waals surface area contributed by atoms with Crippen molar-refractivity contribution in [1.29, 1.82) is 0 Å². The van der Waals surface area contributed by atoms with Gasteiger partial charge in [0.25, 0.3) is 5.91 Å². The number of alkyl halides is 3. The Morgan fingerprint density at radius 1 is 1.19 bits per heavy atom. The SMILES string of the molecule is Cn1ncc2c(N)nc3ccc(C(=O)N(CC4CC4)[C@H]4COCc5nc(C(F)(F)F)ccc54)cc3c21. The van der Waals surface area contributed by atoms with Crippen LogP contribution in [0.15, 0.2) is 36.5 Å². The van der Waals surface area contributed by atoms with Gasteiger partial charge in [0.05, 0.1) is 47.6 Å². The van der Waals surface area contributed by atoms with Crippen LogP contribution in [0.3, 0.4) is 0 Å².